The van der Waals surface area contributed by atoms with Crippen LogP contribution in [0.25, 0.3) is 0 Å². The summed E-state index contributed by atoms with van der Waals surface area (Å²) in [6, 6.07) is 0. The lowest BCUT2D eigenvalue weighted by Gasteiger charge is -2.32. The zero-order valence-corrected chi connectivity index (χ0v) is 16.7. The van der Waals surface area contributed by atoms with E-state index in [0.717, 1.165) is 25.7 Å². The van der Waals surface area contributed by atoms with Crippen LogP contribution >= 0.6 is 0 Å². The van der Waals surface area contributed by atoms with Gasteiger partial charge in [-0.15, -0.1) is 0 Å². The van der Waals surface area contributed by atoms with Gasteiger partial charge >= 0.3 is 11.9 Å². The van der Waals surface area contributed by atoms with E-state index < -0.39 is 17.4 Å². The van der Waals surface area contributed by atoms with Crippen LogP contribution in [0.5, 0.6) is 0 Å². The van der Waals surface area contributed by atoms with Crippen molar-refractivity contribution in [1.29, 1.82) is 0 Å². The molecular formula is C20H38O4. The summed E-state index contributed by atoms with van der Waals surface area (Å²) in [6.07, 6.45) is 4.08. The zero-order valence-electron chi connectivity index (χ0n) is 16.7. The average Bonchev–Trinajstić information content (AvgIpc) is 2.43. The van der Waals surface area contributed by atoms with Gasteiger partial charge in [-0.25, -0.2) is 0 Å². The standard InChI is InChI=1S/C20H38O4/c1-8-17(11-9-10-14(2)3)24-19(23)20(18(21)22,12-15(4)5)13-16(6)7/h14-17H,8-13H2,1-7H3,(H,21,22). The third-order valence-electron chi connectivity index (χ3n) is 4.35. The summed E-state index contributed by atoms with van der Waals surface area (Å²) in [6.45, 7) is 14.1. The van der Waals surface area contributed by atoms with Crippen molar-refractivity contribution in [2.24, 2.45) is 23.2 Å². The Balaban J connectivity index is 5.16. The molecule has 0 aliphatic heterocycles. The van der Waals surface area contributed by atoms with Gasteiger partial charge in [-0.05, 0) is 49.9 Å². The molecule has 0 saturated carbocycles. The van der Waals surface area contributed by atoms with Crippen molar-refractivity contribution in [2.45, 2.75) is 93.1 Å². The number of ether oxygens (including phenoxy) is 1. The molecule has 0 aromatic rings. The monoisotopic (exact) mass is 342 g/mol. The van der Waals surface area contributed by atoms with Gasteiger partial charge in [0.15, 0.2) is 5.41 Å². The normalized spacial score (nSPS) is 13.6. The lowest BCUT2D eigenvalue weighted by atomic mass is 9.74. The molecule has 1 N–H and O–H groups in total. The van der Waals surface area contributed by atoms with Crippen LogP contribution in [0, 0.1) is 23.2 Å². The van der Waals surface area contributed by atoms with E-state index in [2.05, 4.69) is 13.8 Å². The van der Waals surface area contributed by atoms with Crippen molar-refractivity contribution in [3.8, 4) is 0 Å². The van der Waals surface area contributed by atoms with E-state index in [0.29, 0.717) is 18.8 Å². The summed E-state index contributed by atoms with van der Waals surface area (Å²) in [5.74, 6) is -0.735. The van der Waals surface area contributed by atoms with Gasteiger partial charge in [0, 0.05) is 0 Å². The SMILES string of the molecule is CCC(CCCC(C)C)OC(=O)C(CC(C)C)(CC(C)C)C(=O)O. The first-order chi connectivity index (χ1) is 11.0. The Hall–Kier alpha value is -1.06. The van der Waals surface area contributed by atoms with E-state index in [1.807, 2.05) is 34.6 Å². The topological polar surface area (TPSA) is 63.6 Å². The van der Waals surface area contributed by atoms with Crippen LogP contribution in [0.2, 0.25) is 0 Å². The fourth-order valence-electron chi connectivity index (χ4n) is 3.27. The van der Waals surface area contributed by atoms with Gasteiger partial charge in [0.2, 0.25) is 0 Å². The second-order valence-corrected chi connectivity index (χ2v) is 8.34. The van der Waals surface area contributed by atoms with E-state index in [4.69, 9.17) is 4.74 Å². The second kappa shape index (κ2) is 10.7. The second-order valence-electron chi connectivity index (χ2n) is 8.34. The largest absolute Gasteiger partial charge is 0.480 e. The first kappa shape index (κ1) is 22.9. The number of carbonyl (C=O) groups is 2. The van der Waals surface area contributed by atoms with Gasteiger partial charge in [0.1, 0.15) is 6.10 Å². The van der Waals surface area contributed by atoms with Gasteiger partial charge in [-0.1, -0.05) is 54.9 Å². The van der Waals surface area contributed by atoms with Crippen LogP contribution < -0.4 is 0 Å². The maximum atomic E-state index is 12.8. The third-order valence-corrected chi connectivity index (χ3v) is 4.35. The summed E-state index contributed by atoms with van der Waals surface area (Å²) in [5, 5.41) is 9.83. The van der Waals surface area contributed by atoms with Crippen LogP contribution in [0.4, 0.5) is 0 Å². The molecule has 0 aliphatic rings. The highest BCUT2D eigenvalue weighted by Crippen LogP contribution is 2.36. The van der Waals surface area contributed by atoms with Crippen molar-refractivity contribution in [1.82, 2.24) is 0 Å². The lowest BCUT2D eigenvalue weighted by Crippen LogP contribution is -2.44. The number of aliphatic carboxylic acids is 1. The van der Waals surface area contributed by atoms with Crippen molar-refractivity contribution in [2.75, 3.05) is 0 Å². The predicted molar refractivity (Wildman–Crippen MR) is 97.8 cm³/mol. The molecule has 0 saturated heterocycles. The Morgan fingerprint density at radius 1 is 0.917 bits per heavy atom. The highest BCUT2D eigenvalue weighted by molar-refractivity contribution is 5.99. The number of carbonyl (C=O) groups excluding carboxylic acids is 1. The number of carboxylic acid groups (broad SMARTS) is 1. The minimum Gasteiger partial charge on any atom is -0.480 e. The third kappa shape index (κ3) is 7.67. The minimum absolute atomic E-state index is 0.119. The fraction of sp³-hybridized carbons (Fsp3) is 0.900. The fourth-order valence-corrected chi connectivity index (χ4v) is 3.27. The van der Waals surface area contributed by atoms with Crippen molar-refractivity contribution in [3.05, 3.63) is 0 Å². The number of hydrogen-bond acceptors (Lipinski definition) is 3. The quantitative estimate of drug-likeness (QED) is 0.386. The van der Waals surface area contributed by atoms with Crippen LogP contribution in [0.1, 0.15) is 87.0 Å². The number of esters is 1. The Morgan fingerprint density at radius 2 is 1.42 bits per heavy atom. The molecule has 0 rings (SSSR count). The Kier molecular flexibility index (Phi) is 10.3. The summed E-state index contributed by atoms with van der Waals surface area (Å²) < 4.78 is 5.69. The van der Waals surface area contributed by atoms with Crippen LogP contribution in [0.3, 0.4) is 0 Å². The number of rotatable bonds is 12. The highest BCUT2D eigenvalue weighted by atomic mass is 16.5. The van der Waals surface area contributed by atoms with E-state index in [1.54, 1.807) is 0 Å². The maximum Gasteiger partial charge on any atom is 0.323 e. The molecule has 24 heavy (non-hydrogen) atoms. The molecule has 0 bridgehead atoms. The smallest absolute Gasteiger partial charge is 0.323 e. The summed E-state index contributed by atoms with van der Waals surface area (Å²) in [7, 11) is 0. The average molecular weight is 343 g/mol. The summed E-state index contributed by atoms with van der Waals surface area (Å²) >= 11 is 0. The van der Waals surface area contributed by atoms with Crippen molar-refractivity contribution < 1.29 is 19.4 Å². The summed E-state index contributed by atoms with van der Waals surface area (Å²) in [4.78, 5) is 24.8. The molecule has 0 aromatic heterocycles. The molecule has 4 nitrogen and oxygen atoms in total. The molecule has 0 radical (unpaired) electrons. The predicted octanol–water partition coefficient (Wildman–Crippen LogP) is 5.30. The molecule has 0 aromatic carbocycles. The number of hydrogen-bond donors (Lipinski definition) is 1. The Labute approximate surface area is 148 Å². The van der Waals surface area contributed by atoms with E-state index >= 15 is 0 Å². The molecule has 0 fully saturated rings. The summed E-state index contributed by atoms with van der Waals surface area (Å²) in [5.41, 5.74) is -1.42. The molecule has 0 heterocycles. The molecule has 1 unspecified atom stereocenters. The van der Waals surface area contributed by atoms with Crippen LogP contribution in [0.15, 0.2) is 0 Å². The Bertz CT molecular complexity index is 375. The van der Waals surface area contributed by atoms with E-state index in [1.165, 1.54) is 0 Å². The lowest BCUT2D eigenvalue weighted by molar-refractivity contribution is -0.176. The molecule has 142 valence electrons. The van der Waals surface area contributed by atoms with Crippen molar-refractivity contribution in [3.63, 3.8) is 0 Å². The first-order valence-corrected chi connectivity index (χ1v) is 9.49. The molecular weight excluding hydrogens is 304 g/mol. The van der Waals surface area contributed by atoms with Gasteiger partial charge in [-0.3, -0.25) is 9.59 Å². The minimum atomic E-state index is -1.42. The molecule has 0 aliphatic carbocycles. The van der Waals surface area contributed by atoms with Gasteiger partial charge in [0.05, 0.1) is 0 Å². The Morgan fingerprint density at radius 3 is 1.75 bits per heavy atom. The molecule has 4 heteroatoms. The van der Waals surface area contributed by atoms with E-state index in [-0.39, 0.29) is 17.9 Å². The van der Waals surface area contributed by atoms with Crippen LogP contribution in [-0.4, -0.2) is 23.1 Å². The van der Waals surface area contributed by atoms with Gasteiger partial charge in [-0.2, -0.15) is 0 Å². The van der Waals surface area contributed by atoms with Crippen LogP contribution in [-0.2, 0) is 14.3 Å². The molecule has 0 spiro atoms. The molecule has 1 atom stereocenters. The zero-order chi connectivity index (χ0) is 18.9. The highest BCUT2D eigenvalue weighted by Gasteiger charge is 2.48. The van der Waals surface area contributed by atoms with Gasteiger partial charge < -0.3 is 9.84 Å². The van der Waals surface area contributed by atoms with Crippen molar-refractivity contribution >= 4 is 11.9 Å². The number of carboxylic acids is 1. The first-order valence-electron chi connectivity index (χ1n) is 9.49. The maximum absolute atomic E-state index is 12.8. The molecule has 0 amide bonds. The van der Waals surface area contributed by atoms with Gasteiger partial charge in [0.25, 0.3) is 0 Å². The van der Waals surface area contributed by atoms with E-state index in [9.17, 15) is 14.7 Å².